The molecule has 7 nitrogen and oxygen atoms in total. The van der Waals surface area contributed by atoms with Crippen molar-refractivity contribution in [3.05, 3.63) is 52.3 Å². The van der Waals surface area contributed by atoms with Gasteiger partial charge in [-0.05, 0) is 92.0 Å². The molecule has 3 aliphatic rings. The topological polar surface area (TPSA) is 86.8 Å². The van der Waals surface area contributed by atoms with Crippen LogP contribution in [0.4, 0.5) is 19.0 Å². The van der Waals surface area contributed by atoms with Crippen LogP contribution in [0.3, 0.4) is 0 Å². The van der Waals surface area contributed by atoms with Gasteiger partial charge in [0.25, 0.3) is 0 Å². The number of piperidine rings is 1. The zero-order chi connectivity index (χ0) is 33.0. The highest BCUT2D eigenvalue weighted by atomic mass is 32.1. The first-order valence-corrected chi connectivity index (χ1v) is 17.6. The van der Waals surface area contributed by atoms with Crippen molar-refractivity contribution in [1.82, 2.24) is 19.4 Å². The monoisotopic (exact) mass is 662 g/mol. The van der Waals surface area contributed by atoms with Crippen molar-refractivity contribution in [2.75, 3.05) is 18.4 Å². The average molecular weight is 663 g/mol. The number of hydrogen-bond donors (Lipinski definition) is 1. The molecule has 2 saturated carbocycles. The fraction of sp³-hybridized carbons (Fsp3) is 0.556. The number of aromatic nitrogens is 3. The van der Waals surface area contributed by atoms with Gasteiger partial charge in [-0.25, -0.2) is 9.97 Å². The largest absolute Gasteiger partial charge is 0.393 e. The van der Waals surface area contributed by atoms with Crippen LogP contribution in [0.25, 0.3) is 21.1 Å². The van der Waals surface area contributed by atoms with Gasteiger partial charge in [-0.3, -0.25) is 9.69 Å². The van der Waals surface area contributed by atoms with Crippen molar-refractivity contribution in [1.29, 1.82) is 5.26 Å². The molecule has 0 spiro atoms. The van der Waals surface area contributed by atoms with Gasteiger partial charge in [0.2, 0.25) is 0 Å². The number of carbonyl (C=O) groups is 1. The van der Waals surface area contributed by atoms with Crippen molar-refractivity contribution in [2.24, 2.45) is 10.8 Å². The van der Waals surface area contributed by atoms with Gasteiger partial charge in [-0.1, -0.05) is 13.0 Å². The molecule has 2 aliphatic carbocycles. The minimum absolute atomic E-state index is 0.167. The van der Waals surface area contributed by atoms with E-state index in [0.717, 1.165) is 93.4 Å². The van der Waals surface area contributed by atoms with Gasteiger partial charge in [0.15, 0.2) is 0 Å². The van der Waals surface area contributed by atoms with E-state index in [9.17, 15) is 23.2 Å². The minimum atomic E-state index is -4.25. The Balaban J connectivity index is 1.01. The zero-order valence-corrected chi connectivity index (χ0v) is 27.9. The summed E-state index contributed by atoms with van der Waals surface area (Å²) < 4.78 is 41.1. The molecule has 11 heteroatoms. The SMILES string of the molecule is CCC(=O)CC12CCC(Cn3c(C#N)cc4c(C)c(CN5CCC(Nc6ncnc7sc(CC(F)(F)F)cc67)CC5)ccc43)(CC1)C2. The van der Waals surface area contributed by atoms with E-state index in [1.165, 1.54) is 17.5 Å². The number of Topliss-reactive ketones (excluding diaryl/α,β-unsaturated/α-hetero) is 1. The maximum Gasteiger partial charge on any atom is 0.393 e. The molecule has 4 heterocycles. The number of halogens is 3. The number of nitriles is 1. The van der Waals surface area contributed by atoms with E-state index in [-0.39, 0.29) is 21.7 Å². The van der Waals surface area contributed by atoms with Crippen LogP contribution in [0, 0.1) is 29.1 Å². The van der Waals surface area contributed by atoms with Crippen LogP contribution in [-0.4, -0.2) is 50.5 Å². The summed E-state index contributed by atoms with van der Waals surface area (Å²) in [6.07, 6.45) is 4.92. The second kappa shape index (κ2) is 12.2. The fourth-order valence-electron chi connectivity index (χ4n) is 8.72. The number of nitrogens with one attached hydrogen (secondary N) is 1. The molecular formula is C36H41F3N6OS. The van der Waals surface area contributed by atoms with Crippen LogP contribution < -0.4 is 5.32 Å². The van der Waals surface area contributed by atoms with Crippen molar-refractivity contribution in [3.8, 4) is 6.07 Å². The summed E-state index contributed by atoms with van der Waals surface area (Å²) in [5, 5.41) is 15.4. The molecule has 3 fully saturated rings. The maximum atomic E-state index is 13.0. The van der Waals surface area contributed by atoms with Gasteiger partial charge < -0.3 is 9.88 Å². The Labute approximate surface area is 277 Å². The van der Waals surface area contributed by atoms with E-state index in [0.29, 0.717) is 40.4 Å². The number of thiophene rings is 1. The summed E-state index contributed by atoms with van der Waals surface area (Å²) in [6, 6.07) is 10.7. The smallest absolute Gasteiger partial charge is 0.367 e. The highest BCUT2D eigenvalue weighted by molar-refractivity contribution is 7.18. The van der Waals surface area contributed by atoms with E-state index in [4.69, 9.17) is 0 Å². The third-order valence-corrected chi connectivity index (χ3v) is 12.3. The number of benzene rings is 1. The molecule has 0 atom stereocenters. The Morgan fingerprint density at radius 3 is 2.55 bits per heavy atom. The summed E-state index contributed by atoms with van der Waals surface area (Å²) in [6.45, 7) is 7.57. The van der Waals surface area contributed by atoms with Crippen molar-refractivity contribution in [2.45, 2.75) is 103 Å². The molecule has 248 valence electrons. The first-order valence-electron chi connectivity index (χ1n) is 16.8. The van der Waals surface area contributed by atoms with E-state index in [2.05, 4.69) is 55.9 Å². The lowest BCUT2D eigenvalue weighted by molar-refractivity contribution is -0.126. The van der Waals surface area contributed by atoms with Gasteiger partial charge in [-0.2, -0.15) is 18.4 Å². The van der Waals surface area contributed by atoms with Gasteiger partial charge in [0.1, 0.15) is 34.5 Å². The molecule has 0 radical (unpaired) electrons. The van der Waals surface area contributed by atoms with Crippen LogP contribution >= 0.6 is 11.3 Å². The third kappa shape index (κ3) is 6.39. The molecule has 4 aromatic rings. The Bertz CT molecular complexity index is 1850. The van der Waals surface area contributed by atoms with E-state index >= 15 is 0 Å². The Hall–Kier alpha value is -3.49. The molecule has 7 rings (SSSR count). The predicted octanol–water partition coefficient (Wildman–Crippen LogP) is 8.33. The summed E-state index contributed by atoms with van der Waals surface area (Å²) >= 11 is 1.07. The highest BCUT2D eigenvalue weighted by Gasteiger charge is 2.54. The van der Waals surface area contributed by atoms with Gasteiger partial charge >= 0.3 is 6.18 Å². The standard InChI is InChI=1S/C36H41F3N6OS/c1-3-27(46)16-34-8-10-35(20-34,11-9-34)21-45-26(18-40)14-29-23(2)24(4-5-31(29)45)19-44-12-6-25(7-13-44)43-32-30-15-28(17-36(37,38)39)47-33(30)42-22-41-32/h4-5,14-15,22,25H,3,6-13,16-17,19-21H2,1-2H3,(H,41,42,43). The highest BCUT2D eigenvalue weighted by Crippen LogP contribution is 2.64. The van der Waals surface area contributed by atoms with Crippen LogP contribution in [-0.2, 0) is 24.3 Å². The van der Waals surface area contributed by atoms with Gasteiger partial charge in [0, 0.05) is 60.8 Å². The van der Waals surface area contributed by atoms with Crippen LogP contribution in [0.1, 0.15) is 86.4 Å². The van der Waals surface area contributed by atoms with E-state index in [1.54, 1.807) is 6.07 Å². The molecular weight excluding hydrogens is 621 g/mol. The Morgan fingerprint density at radius 2 is 1.85 bits per heavy atom. The molecule has 0 amide bonds. The first kappa shape index (κ1) is 32.1. The zero-order valence-electron chi connectivity index (χ0n) is 27.1. The van der Waals surface area contributed by atoms with Crippen molar-refractivity contribution < 1.29 is 18.0 Å². The predicted molar refractivity (Wildman–Crippen MR) is 178 cm³/mol. The number of anilines is 1. The number of fused-ring (bicyclic) bond motifs is 4. The quantitative estimate of drug-likeness (QED) is 0.184. The second-order valence-corrected chi connectivity index (χ2v) is 15.5. The number of likely N-dealkylation sites (tertiary alicyclic amines) is 1. The van der Waals surface area contributed by atoms with E-state index in [1.807, 2.05) is 6.92 Å². The first-order chi connectivity index (χ1) is 22.5. The summed E-state index contributed by atoms with van der Waals surface area (Å²) in [5.41, 5.74) is 4.65. The Morgan fingerprint density at radius 1 is 1.11 bits per heavy atom. The van der Waals surface area contributed by atoms with Crippen molar-refractivity contribution >= 4 is 44.1 Å². The number of alkyl halides is 3. The third-order valence-electron chi connectivity index (χ3n) is 11.2. The average Bonchev–Trinajstić information content (AvgIpc) is 3.79. The van der Waals surface area contributed by atoms with Gasteiger partial charge in [-0.15, -0.1) is 11.3 Å². The van der Waals surface area contributed by atoms with Crippen LogP contribution in [0.5, 0.6) is 0 Å². The minimum Gasteiger partial charge on any atom is -0.367 e. The summed E-state index contributed by atoms with van der Waals surface area (Å²) in [4.78, 5) is 24.2. The number of carbonyl (C=O) groups excluding carboxylic acids is 1. The molecule has 0 unspecified atom stereocenters. The number of hydrogen-bond acceptors (Lipinski definition) is 7. The molecule has 2 bridgehead atoms. The number of rotatable bonds is 10. The molecule has 1 N–H and O–H groups in total. The van der Waals surface area contributed by atoms with Crippen LogP contribution in [0.15, 0.2) is 30.6 Å². The Kier molecular flexibility index (Phi) is 8.32. The number of ketones is 1. The molecule has 1 aliphatic heterocycles. The van der Waals surface area contributed by atoms with Crippen molar-refractivity contribution in [3.63, 3.8) is 0 Å². The summed E-state index contributed by atoms with van der Waals surface area (Å²) in [5.74, 6) is 0.981. The number of nitrogens with zero attached hydrogens (tertiary/aromatic N) is 5. The van der Waals surface area contributed by atoms with E-state index < -0.39 is 12.6 Å². The fourth-order valence-corrected chi connectivity index (χ4v) is 9.75. The summed E-state index contributed by atoms with van der Waals surface area (Å²) in [7, 11) is 0. The lowest BCUT2D eigenvalue weighted by Crippen LogP contribution is -2.39. The van der Waals surface area contributed by atoms with Crippen LogP contribution in [0.2, 0.25) is 0 Å². The molecule has 47 heavy (non-hydrogen) atoms. The maximum absolute atomic E-state index is 13.0. The number of aryl methyl sites for hydroxylation is 1. The second-order valence-electron chi connectivity index (χ2n) is 14.4. The lowest BCUT2D eigenvalue weighted by atomic mass is 9.79. The molecule has 3 aromatic heterocycles. The lowest BCUT2D eigenvalue weighted by Gasteiger charge is -2.33. The normalized spacial score (nSPS) is 23.6. The molecule has 1 saturated heterocycles. The van der Waals surface area contributed by atoms with Gasteiger partial charge in [0.05, 0.1) is 11.8 Å². The molecule has 1 aromatic carbocycles.